The van der Waals surface area contributed by atoms with Gasteiger partial charge in [-0.05, 0) is 6.42 Å². The molecule has 0 bridgehead atoms. The Morgan fingerprint density at radius 1 is 1.10 bits per heavy atom. The number of hydrogen-bond acceptors (Lipinski definition) is 1. The van der Waals surface area contributed by atoms with Crippen LogP contribution in [0, 0.1) is 0 Å². The molecule has 0 saturated carbocycles. The van der Waals surface area contributed by atoms with Crippen molar-refractivity contribution >= 4 is 6.29 Å². The summed E-state index contributed by atoms with van der Waals surface area (Å²) in [6.45, 7) is 2.19. The van der Waals surface area contributed by atoms with Gasteiger partial charge in [0.05, 0.1) is 0 Å². The van der Waals surface area contributed by atoms with Gasteiger partial charge in [0.25, 0.3) is 0 Å². The van der Waals surface area contributed by atoms with E-state index in [1.807, 2.05) is 0 Å². The first kappa shape index (κ1) is 12.3. The average molecular weight is 146 g/mol. The van der Waals surface area contributed by atoms with Gasteiger partial charge < -0.3 is 10.3 Å². The van der Waals surface area contributed by atoms with Gasteiger partial charge in [0, 0.05) is 6.42 Å². The van der Waals surface area contributed by atoms with Crippen LogP contribution in [-0.4, -0.2) is 11.8 Å². The molecule has 0 heterocycles. The molecule has 62 valence electrons. The Morgan fingerprint density at radius 3 is 2.20 bits per heavy atom. The van der Waals surface area contributed by atoms with Gasteiger partial charge in [-0.3, -0.25) is 0 Å². The summed E-state index contributed by atoms with van der Waals surface area (Å²) in [6.07, 6.45) is 7.97. The van der Waals surface area contributed by atoms with Gasteiger partial charge >= 0.3 is 0 Å². The van der Waals surface area contributed by atoms with E-state index in [0.29, 0.717) is 0 Å². The van der Waals surface area contributed by atoms with Crippen LogP contribution >= 0.6 is 0 Å². The fourth-order valence-corrected chi connectivity index (χ4v) is 0.831. The molecule has 0 spiro atoms. The number of carbonyl (C=O) groups is 1. The van der Waals surface area contributed by atoms with Crippen LogP contribution in [0.4, 0.5) is 0 Å². The lowest BCUT2D eigenvalue weighted by Gasteiger charge is -1.93. The normalized spacial score (nSPS) is 8.50. The molecule has 0 unspecified atom stereocenters. The second-order valence-electron chi connectivity index (χ2n) is 2.37. The van der Waals surface area contributed by atoms with Gasteiger partial charge in [0.15, 0.2) is 0 Å². The van der Waals surface area contributed by atoms with Crippen LogP contribution in [0.5, 0.6) is 0 Å². The number of hydrogen-bond donors (Lipinski definition) is 0. The molecule has 2 nitrogen and oxygen atoms in total. The van der Waals surface area contributed by atoms with Gasteiger partial charge in [-0.15, -0.1) is 0 Å². The fourth-order valence-electron chi connectivity index (χ4n) is 0.831. The molecule has 0 aromatic carbocycles. The van der Waals surface area contributed by atoms with Crippen molar-refractivity contribution in [2.24, 2.45) is 0 Å². The maximum Gasteiger partial charge on any atom is 0.119 e. The summed E-state index contributed by atoms with van der Waals surface area (Å²) in [4.78, 5) is 9.84. The lowest BCUT2D eigenvalue weighted by Crippen LogP contribution is -1.78. The number of unbranched alkanes of at least 4 members (excludes halogenated alkanes) is 5. The highest BCUT2D eigenvalue weighted by Crippen LogP contribution is 2.02. The predicted molar refractivity (Wildman–Crippen MR) is 43.1 cm³/mol. The summed E-state index contributed by atoms with van der Waals surface area (Å²) in [5, 5.41) is 0. The van der Waals surface area contributed by atoms with E-state index in [9.17, 15) is 4.79 Å². The minimum atomic E-state index is 0. The molecule has 0 aliphatic rings. The standard InChI is InChI=1S/C8H16O.H2O/c1-2-3-4-5-6-7-8-9;/h8H,2-7H2,1H3;1H2. The highest BCUT2D eigenvalue weighted by molar-refractivity contribution is 5.48. The lowest BCUT2D eigenvalue weighted by atomic mass is 10.1. The highest BCUT2D eigenvalue weighted by atomic mass is 16.1. The minimum Gasteiger partial charge on any atom is -0.412 e. The van der Waals surface area contributed by atoms with E-state index >= 15 is 0 Å². The van der Waals surface area contributed by atoms with Crippen molar-refractivity contribution in [1.29, 1.82) is 0 Å². The molecule has 0 rings (SSSR count). The third-order valence-corrected chi connectivity index (χ3v) is 1.43. The van der Waals surface area contributed by atoms with E-state index in [2.05, 4.69) is 6.92 Å². The van der Waals surface area contributed by atoms with E-state index < -0.39 is 0 Å². The molecule has 2 N–H and O–H groups in total. The molecule has 0 aromatic rings. The molecule has 0 aromatic heterocycles. The van der Waals surface area contributed by atoms with E-state index in [1.165, 1.54) is 25.7 Å². The summed E-state index contributed by atoms with van der Waals surface area (Å²) in [5.74, 6) is 0. The van der Waals surface area contributed by atoms with Crippen LogP contribution in [-0.2, 0) is 4.79 Å². The van der Waals surface area contributed by atoms with Crippen molar-refractivity contribution in [2.45, 2.75) is 45.4 Å². The van der Waals surface area contributed by atoms with E-state index in [0.717, 1.165) is 19.1 Å². The maximum atomic E-state index is 9.84. The van der Waals surface area contributed by atoms with Crippen LogP contribution in [0.15, 0.2) is 0 Å². The largest absolute Gasteiger partial charge is 0.412 e. The Morgan fingerprint density at radius 2 is 1.70 bits per heavy atom. The second kappa shape index (κ2) is 11.4. The van der Waals surface area contributed by atoms with Gasteiger partial charge in [-0.25, -0.2) is 0 Å². The van der Waals surface area contributed by atoms with Gasteiger partial charge in [-0.1, -0.05) is 32.6 Å². The molecule has 2 heteroatoms. The Kier molecular flexibility index (Phi) is 14.1. The third-order valence-electron chi connectivity index (χ3n) is 1.43. The number of carbonyl (C=O) groups excluding carboxylic acids is 1. The van der Waals surface area contributed by atoms with Crippen molar-refractivity contribution in [2.75, 3.05) is 0 Å². The fraction of sp³-hybridized carbons (Fsp3) is 0.875. The molecule has 0 radical (unpaired) electrons. The Balaban J connectivity index is 0. The topological polar surface area (TPSA) is 48.6 Å². The van der Waals surface area contributed by atoms with Crippen LogP contribution in [0.3, 0.4) is 0 Å². The quantitative estimate of drug-likeness (QED) is 0.415. The van der Waals surface area contributed by atoms with Crippen LogP contribution in [0.25, 0.3) is 0 Å². The van der Waals surface area contributed by atoms with Gasteiger partial charge in [0.2, 0.25) is 0 Å². The summed E-state index contributed by atoms with van der Waals surface area (Å²) in [5.41, 5.74) is 0. The zero-order chi connectivity index (χ0) is 6.95. The average Bonchev–Trinajstić information content (AvgIpc) is 1.89. The molecule has 0 aliphatic heterocycles. The summed E-state index contributed by atoms with van der Waals surface area (Å²) < 4.78 is 0. The van der Waals surface area contributed by atoms with Crippen molar-refractivity contribution in [3.63, 3.8) is 0 Å². The second-order valence-corrected chi connectivity index (χ2v) is 2.37. The van der Waals surface area contributed by atoms with Crippen LogP contribution in [0.2, 0.25) is 0 Å². The number of aldehydes is 1. The summed E-state index contributed by atoms with van der Waals surface area (Å²) in [7, 11) is 0. The zero-order valence-electron chi connectivity index (χ0n) is 6.73. The number of rotatable bonds is 6. The zero-order valence-corrected chi connectivity index (χ0v) is 6.73. The van der Waals surface area contributed by atoms with E-state index in [1.54, 1.807) is 0 Å². The van der Waals surface area contributed by atoms with Crippen molar-refractivity contribution < 1.29 is 10.3 Å². The van der Waals surface area contributed by atoms with E-state index in [-0.39, 0.29) is 5.48 Å². The molecule has 0 aliphatic carbocycles. The minimum absolute atomic E-state index is 0. The molecular weight excluding hydrogens is 128 g/mol. The van der Waals surface area contributed by atoms with Crippen molar-refractivity contribution in [1.82, 2.24) is 0 Å². The lowest BCUT2D eigenvalue weighted by molar-refractivity contribution is -0.107. The molecule has 0 amide bonds. The maximum absolute atomic E-state index is 9.84. The van der Waals surface area contributed by atoms with Crippen molar-refractivity contribution in [3.8, 4) is 0 Å². The summed E-state index contributed by atoms with van der Waals surface area (Å²) in [6, 6.07) is 0. The Labute approximate surface area is 62.9 Å². The molecule has 0 saturated heterocycles. The van der Waals surface area contributed by atoms with E-state index in [4.69, 9.17) is 0 Å². The monoisotopic (exact) mass is 146 g/mol. The smallest absolute Gasteiger partial charge is 0.119 e. The first-order valence-corrected chi connectivity index (χ1v) is 3.85. The molecule has 0 atom stereocenters. The molecular formula is C8H18O2. The molecule has 0 fully saturated rings. The Hall–Kier alpha value is -0.370. The highest BCUT2D eigenvalue weighted by Gasteiger charge is 1.85. The van der Waals surface area contributed by atoms with Gasteiger partial charge in [0.1, 0.15) is 6.29 Å². The van der Waals surface area contributed by atoms with Gasteiger partial charge in [-0.2, -0.15) is 0 Å². The SMILES string of the molecule is CCCCCCCC=O.O. The first-order chi connectivity index (χ1) is 4.41. The third kappa shape index (κ3) is 10.6. The van der Waals surface area contributed by atoms with Crippen LogP contribution < -0.4 is 0 Å². The van der Waals surface area contributed by atoms with Crippen molar-refractivity contribution in [3.05, 3.63) is 0 Å². The van der Waals surface area contributed by atoms with Crippen LogP contribution in [0.1, 0.15) is 45.4 Å². The molecule has 10 heavy (non-hydrogen) atoms. The summed E-state index contributed by atoms with van der Waals surface area (Å²) >= 11 is 0. The predicted octanol–water partition coefficient (Wildman–Crippen LogP) is 1.72. The first-order valence-electron chi connectivity index (χ1n) is 3.85. The Bertz CT molecular complexity index is 62.3.